The molecule has 37 heavy (non-hydrogen) atoms. The van der Waals surface area contributed by atoms with Gasteiger partial charge in [0.15, 0.2) is 5.69 Å². The van der Waals surface area contributed by atoms with Crippen molar-refractivity contribution in [1.29, 1.82) is 0 Å². The summed E-state index contributed by atoms with van der Waals surface area (Å²) in [7, 11) is 0. The number of nitrogens with one attached hydrogen (secondary N) is 1. The molecule has 2 unspecified atom stereocenters. The summed E-state index contributed by atoms with van der Waals surface area (Å²) in [5.74, 6) is -2.10. The van der Waals surface area contributed by atoms with Crippen molar-refractivity contribution >= 4 is 34.3 Å². The second-order valence-corrected chi connectivity index (χ2v) is 8.55. The maximum atomic E-state index is 14.3. The summed E-state index contributed by atoms with van der Waals surface area (Å²) in [4.78, 5) is 43.1. The number of likely N-dealkylation sites (tertiary alicyclic amines) is 1. The van der Waals surface area contributed by atoms with Gasteiger partial charge in [-0.1, -0.05) is 6.07 Å². The zero-order valence-electron chi connectivity index (χ0n) is 19.3. The zero-order chi connectivity index (χ0) is 26.1. The van der Waals surface area contributed by atoms with Crippen LogP contribution >= 0.6 is 0 Å². The lowest BCUT2D eigenvalue weighted by Crippen LogP contribution is -2.44. The molecule has 1 aliphatic rings. The smallest absolute Gasteiger partial charge is 0.269 e. The Morgan fingerprint density at radius 1 is 1.11 bits per heavy atom. The summed E-state index contributed by atoms with van der Waals surface area (Å²) in [5.41, 5.74) is 7.70. The number of pyridine rings is 1. The number of anilines is 1. The summed E-state index contributed by atoms with van der Waals surface area (Å²) >= 11 is 0. The van der Waals surface area contributed by atoms with E-state index in [-0.39, 0.29) is 36.6 Å². The molecule has 13 heteroatoms. The second-order valence-electron chi connectivity index (χ2n) is 8.55. The molecule has 1 saturated heterocycles. The van der Waals surface area contributed by atoms with E-state index in [2.05, 4.69) is 25.6 Å². The Labute approximate surface area is 208 Å². The van der Waals surface area contributed by atoms with Crippen LogP contribution in [0.5, 0.6) is 5.75 Å². The van der Waals surface area contributed by atoms with E-state index in [4.69, 9.17) is 5.73 Å². The monoisotopic (exact) mass is 504 g/mol. The first-order valence-electron chi connectivity index (χ1n) is 11.3. The maximum Gasteiger partial charge on any atom is 0.269 e. The number of hydrogen-bond acceptors (Lipinski definition) is 8. The lowest BCUT2D eigenvalue weighted by molar-refractivity contribution is -0.137. The average Bonchev–Trinajstić information content (AvgIpc) is 3.45. The molecule has 1 aromatic carbocycles. The molecule has 4 aromatic rings. The normalized spacial score (nSPS) is 17.2. The van der Waals surface area contributed by atoms with Crippen LogP contribution in [-0.2, 0) is 16.1 Å². The third kappa shape index (κ3) is 4.78. The molecule has 5 rings (SSSR count). The van der Waals surface area contributed by atoms with Gasteiger partial charge in [0.2, 0.25) is 11.8 Å². The Kier molecular flexibility index (Phi) is 6.17. The van der Waals surface area contributed by atoms with Gasteiger partial charge >= 0.3 is 0 Å². The Hall–Kier alpha value is -4.94. The molecule has 12 nitrogen and oxygen atoms in total. The number of hydrogen-bond donors (Lipinski definition) is 3. The fourth-order valence-corrected chi connectivity index (χ4v) is 4.37. The van der Waals surface area contributed by atoms with Crippen molar-refractivity contribution in [3.05, 3.63) is 60.8 Å². The first-order chi connectivity index (χ1) is 17.8. The van der Waals surface area contributed by atoms with Crippen molar-refractivity contribution in [3.63, 3.8) is 0 Å². The molecule has 4 heterocycles. The highest BCUT2D eigenvalue weighted by Crippen LogP contribution is 2.27. The largest absolute Gasteiger partial charge is 0.506 e. The SMILES string of the molecule is NC(=O)c1nn(CC(=O)N2CC(F)CC2C(=O)Nc2cncc(O)c2)c2ccc(-c3ccnnc3)cc12. The molecule has 0 spiro atoms. The molecule has 0 radical (unpaired) electrons. The third-order valence-corrected chi connectivity index (χ3v) is 6.05. The van der Waals surface area contributed by atoms with Crippen LogP contribution in [0.2, 0.25) is 0 Å². The number of aromatic nitrogens is 5. The van der Waals surface area contributed by atoms with Crippen molar-refractivity contribution in [3.8, 4) is 16.9 Å². The first-order valence-corrected chi connectivity index (χ1v) is 11.3. The van der Waals surface area contributed by atoms with E-state index >= 15 is 0 Å². The highest BCUT2D eigenvalue weighted by atomic mass is 19.1. The van der Waals surface area contributed by atoms with E-state index in [1.807, 2.05) is 0 Å². The van der Waals surface area contributed by atoms with E-state index in [1.165, 1.54) is 29.3 Å². The van der Waals surface area contributed by atoms with E-state index < -0.39 is 29.9 Å². The van der Waals surface area contributed by atoms with Gasteiger partial charge in [0.25, 0.3) is 5.91 Å². The molecule has 1 fully saturated rings. The van der Waals surface area contributed by atoms with Gasteiger partial charge in [-0.25, -0.2) is 4.39 Å². The molecule has 0 saturated carbocycles. The summed E-state index contributed by atoms with van der Waals surface area (Å²) in [6, 6.07) is 7.15. The number of fused-ring (bicyclic) bond motifs is 1. The molecule has 3 aromatic heterocycles. The number of halogens is 1. The first kappa shape index (κ1) is 23.8. The van der Waals surface area contributed by atoms with Gasteiger partial charge in [-0.3, -0.25) is 24.0 Å². The van der Waals surface area contributed by atoms with Crippen LogP contribution < -0.4 is 11.1 Å². The Bertz CT molecular complexity index is 1510. The molecular formula is C24H21FN8O4. The van der Waals surface area contributed by atoms with Gasteiger partial charge in [0.1, 0.15) is 24.5 Å². The van der Waals surface area contributed by atoms with Crippen LogP contribution in [0.3, 0.4) is 0 Å². The van der Waals surface area contributed by atoms with Gasteiger partial charge in [-0.2, -0.15) is 15.3 Å². The quantitative estimate of drug-likeness (QED) is 0.353. The summed E-state index contributed by atoms with van der Waals surface area (Å²) < 4.78 is 15.6. The Morgan fingerprint density at radius 2 is 1.95 bits per heavy atom. The van der Waals surface area contributed by atoms with Gasteiger partial charge in [-0.15, -0.1) is 0 Å². The molecular weight excluding hydrogens is 483 g/mol. The molecule has 2 atom stereocenters. The van der Waals surface area contributed by atoms with Crippen LogP contribution in [-0.4, -0.2) is 71.4 Å². The maximum absolute atomic E-state index is 14.3. The Balaban J connectivity index is 1.41. The summed E-state index contributed by atoms with van der Waals surface area (Å²) in [5, 5.41) is 24.4. The number of aromatic hydroxyl groups is 1. The topological polar surface area (TPSA) is 169 Å². The van der Waals surface area contributed by atoms with Crippen LogP contribution in [0.1, 0.15) is 16.9 Å². The Morgan fingerprint density at radius 3 is 2.68 bits per heavy atom. The number of primary amides is 1. The predicted molar refractivity (Wildman–Crippen MR) is 129 cm³/mol. The van der Waals surface area contributed by atoms with Gasteiger partial charge in [0.05, 0.1) is 42.5 Å². The minimum Gasteiger partial charge on any atom is -0.506 e. The number of alkyl halides is 1. The summed E-state index contributed by atoms with van der Waals surface area (Å²) in [6.07, 6.45) is 4.05. The number of nitrogens with two attached hydrogens (primary N) is 1. The highest BCUT2D eigenvalue weighted by Gasteiger charge is 2.40. The van der Waals surface area contributed by atoms with Gasteiger partial charge < -0.3 is 21.1 Å². The molecule has 1 aliphatic heterocycles. The number of benzene rings is 1. The second kappa shape index (κ2) is 9.60. The fourth-order valence-electron chi connectivity index (χ4n) is 4.37. The van der Waals surface area contributed by atoms with Gasteiger partial charge in [0, 0.05) is 23.4 Å². The lowest BCUT2D eigenvalue weighted by Gasteiger charge is -2.23. The van der Waals surface area contributed by atoms with Crippen molar-refractivity contribution in [2.24, 2.45) is 5.73 Å². The number of nitrogens with zero attached hydrogens (tertiary/aromatic N) is 6. The fraction of sp³-hybridized carbons (Fsp3) is 0.208. The van der Waals surface area contributed by atoms with E-state index in [1.54, 1.807) is 30.5 Å². The van der Waals surface area contributed by atoms with Crippen LogP contribution in [0.4, 0.5) is 10.1 Å². The predicted octanol–water partition coefficient (Wildman–Crippen LogP) is 1.27. The molecule has 0 aliphatic carbocycles. The van der Waals surface area contributed by atoms with Crippen LogP contribution in [0.15, 0.2) is 55.1 Å². The average molecular weight is 504 g/mol. The number of rotatable bonds is 6. The van der Waals surface area contributed by atoms with Crippen molar-refractivity contribution < 1.29 is 23.9 Å². The summed E-state index contributed by atoms with van der Waals surface area (Å²) in [6.45, 7) is -0.611. The number of amides is 3. The van der Waals surface area contributed by atoms with E-state index in [0.717, 1.165) is 16.0 Å². The lowest BCUT2D eigenvalue weighted by atomic mass is 10.0. The van der Waals surface area contributed by atoms with Crippen LogP contribution in [0, 0.1) is 0 Å². The molecule has 3 amide bonds. The number of carbonyl (C=O) groups is 3. The van der Waals surface area contributed by atoms with Crippen molar-refractivity contribution in [2.75, 3.05) is 11.9 Å². The van der Waals surface area contributed by atoms with Crippen molar-refractivity contribution in [2.45, 2.75) is 25.2 Å². The van der Waals surface area contributed by atoms with Gasteiger partial charge in [-0.05, 0) is 23.8 Å². The minimum absolute atomic E-state index is 0.0258. The highest BCUT2D eigenvalue weighted by molar-refractivity contribution is 6.05. The minimum atomic E-state index is -1.39. The van der Waals surface area contributed by atoms with Crippen molar-refractivity contribution in [1.82, 2.24) is 29.9 Å². The standard InChI is InChI=1S/C24H21FN8O4/c25-15-6-20(24(37)30-16-7-17(34)10-27-9-16)32(11-15)21(35)12-33-19-2-1-13(14-3-4-28-29-8-14)5-18(19)22(31-33)23(26)36/h1-5,7-10,15,20,34H,6,11-12H2,(H2,26,36)(H,30,37). The van der Waals surface area contributed by atoms with E-state index in [0.29, 0.717) is 10.9 Å². The number of carbonyl (C=O) groups excluding carboxylic acids is 3. The van der Waals surface area contributed by atoms with Crippen LogP contribution in [0.25, 0.3) is 22.0 Å². The molecule has 188 valence electrons. The van der Waals surface area contributed by atoms with E-state index in [9.17, 15) is 23.9 Å². The third-order valence-electron chi connectivity index (χ3n) is 6.05. The molecule has 4 N–H and O–H groups in total. The molecule has 0 bridgehead atoms. The zero-order valence-corrected chi connectivity index (χ0v) is 19.3.